The number of nitrogens with zero attached hydrogens (tertiary/aromatic N) is 2. The van der Waals surface area contributed by atoms with Crippen molar-refractivity contribution in [3.05, 3.63) is 120 Å². The first kappa shape index (κ1) is 25.1. The number of hydrogen-bond acceptors (Lipinski definition) is 5. The van der Waals surface area contributed by atoms with Crippen LogP contribution in [0.5, 0.6) is 0 Å². The molecule has 0 bridgehead atoms. The smallest absolute Gasteiger partial charge is 0.211 e. The molecule has 0 amide bonds. The van der Waals surface area contributed by atoms with Gasteiger partial charge in [0.25, 0.3) is 0 Å². The van der Waals surface area contributed by atoms with Crippen molar-refractivity contribution in [1.82, 2.24) is 5.01 Å². The third-order valence-corrected chi connectivity index (χ3v) is 7.76. The van der Waals surface area contributed by atoms with E-state index in [9.17, 15) is 0 Å². The van der Waals surface area contributed by atoms with Crippen molar-refractivity contribution in [3.63, 3.8) is 0 Å². The van der Waals surface area contributed by atoms with Crippen LogP contribution < -0.4 is 0 Å². The van der Waals surface area contributed by atoms with E-state index in [1.54, 1.807) is 0 Å². The molecule has 0 unspecified atom stereocenters. The van der Waals surface area contributed by atoms with Crippen LogP contribution in [-0.2, 0) is 27.0 Å². The zero-order valence-corrected chi connectivity index (χ0v) is 21.5. The van der Waals surface area contributed by atoms with Gasteiger partial charge in [0.2, 0.25) is 8.32 Å². The third kappa shape index (κ3) is 7.47. The molecule has 182 valence electrons. The largest absolute Gasteiger partial charge is 0.405 e. The molecule has 0 aromatic heterocycles. The van der Waals surface area contributed by atoms with Crippen LogP contribution in [0, 0.1) is 0 Å². The van der Waals surface area contributed by atoms with Crippen LogP contribution in [-0.4, -0.2) is 38.4 Å². The normalized spacial score (nSPS) is 20.6. The van der Waals surface area contributed by atoms with Crippen LogP contribution in [0.1, 0.15) is 23.0 Å². The molecule has 0 N–H and O–H groups in total. The first-order valence-electron chi connectivity index (χ1n) is 12.0. The topological polar surface area (TPSA) is 43.3 Å². The summed E-state index contributed by atoms with van der Waals surface area (Å²) in [4.78, 5) is 0. The van der Waals surface area contributed by atoms with Gasteiger partial charge in [-0.05, 0) is 24.2 Å². The van der Waals surface area contributed by atoms with E-state index < -0.39 is 14.6 Å². The molecule has 0 radical (unpaired) electrons. The molecule has 3 aromatic carbocycles. The molecule has 35 heavy (non-hydrogen) atoms. The molecular formula is C29H34N2O3Si. The van der Waals surface area contributed by atoms with E-state index in [1.807, 2.05) is 54.4 Å². The summed E-state index contributed by atoms with van der Waals surface area (Å²) < 4.78 is 18.9. The molecule has 1 fully saturated rings. The monoisotopic (exact) mass is 486 g/mol. The van der Waals surface area contributed by atoms with E-state index in [0.29, 0.717) is 19.7 Å². The lowest BCUT2D eigenvalue weighted by Gasteiger charge is -2.38. The highest BCUT2D eigenvalue weighted by Crippen LogP contribution is 2.28. The number of hydrazone groups is 1. The minimum Gasteiger partial charge on any atom is -0.405 e. The number of ether oxygens (including phenoxy) is 2. The summed E-state index contributed by atoms with van der Waals surface area (Å²) in [6.07, 6.45) is 0.809. The molecular weight excluding hydrogens is 452 g/mol. The average Bonchev–Trinajstić information content (AvgIpc) is 2.89. The predicted octanol–water partition coefficient (Wildman–Crippen LogP) is 6.10. The average molecular weight is 487 g/mol. The van der Waals surface area contributed by atoms with Gasteiger partial charge in [-0.15, -0.1) is 6.58 Å². The Morgan fingerprint density at radius 1 is 0.914 bits per heavy atom. The second-order valence-corrected chi connectivity index (χ2v) is 13.0. The summed E-state index contributed by atoms with van der Waals surface area (Å²) in [7, 11) is -2.06. The molecule has 3 aromatic rings. The van der Waals surface area contributed by atoms with Gasteiger partial charge in [-0.1, -0.05) is 96.7 Å². The van der Waals surface area contributed by atoms with Crippen LogP contribution in [0.3, 0.4) is 0 Å². The van der Waals surface area contributed by atoms with E-state index in [4.69, 9.17) is 19.0 Å². The minimum absolute atomic E-state index is 0.256. The van der Waals surface area contributed by atoms with Crippen molar-refractivity contribution in [2.45, 2.75) is 44.7 Å². The Kier molecular flexibility index (Phi) is 8.66. The van der Waals surface area contributed by atoms with E-state index >= 15 is 0 Å². The molecule has 4 rings (SSSR count). The fraction of sp³-hybridized carbons (Fsp3) is 0.276. The zero-order chi connectivity index (χ0) is 24.5. The summed E-state index contributed by atoms with van der Waals surface area (Å²) >= 11 is 0. The Morgan fingerprint density at radius 3 is 2.00 bits per heavy atom. The zero-order valence-electron chi connectivity index (χ0n) is 20.5. The summed E-state index contributed by atoms with van der Waals surface area (Å²) in [6.45, 7) is 10.0. The van der Waals surface area contributed by atoms with Crippen molar-refractivity contribution in [1.29, 1.82) is 0 Å². The molecule has 1 heterocycles. The van der Waals surface area contributed by atoms with Gasteiger partial charge in [-0.3, -0.25) is 5.01 Å². The van der Waals surface area contributed by atoms with Gasteiger partial charge < -0.3 is 13.9 Å². The van der Waals surface area contributed by atoms with Crippen molar-refractivity contribution in [2.75, 3.05) is 6.61 Å². The van der Waals surface area contributed by atoms with Crippen molar-refractivity contribution >= 4 is 14.5 Å². The first-order valence-corrected chi connectivity index (χ1v) is 15.0. The molecule has 3 atom stereocenters. The molecule has 0 aliphatic carbocycles. The van der Waals surface area contributed by atoms with Crippen LogP contribution in [0.4, 0.5) is 0 Å². The standard InChI is InChI=1S/C29H34N2O3Si/c1-4-35(2,3)34-28-23-32-29(26-18-12-7-13-19-26)33-27(28)20-30-31(21-24-14-8-5-9-15-24)22-25-16-10-6-11-17-25/h4-20,27-29H,1,21-23H2,2-3H3/b30-20+/t27-,28+,29+/m0/s1. The Labute approximate surface area is 209 Å². The fourth-order valence-corrected chi connectivity index (χ4v) is 4.97. The Balaban J connectivity index is 1.56. The lowest BCUT2D eigenvalue weighted by Crippen LogP contribution is -2.48. The number of hydrogen-bond donors (Lipinski definition) is 0. The maximum Gasteiger partial charge on any atom is 0.211 e. The number of rotatable bonds is 10. The second-order valence-electron chi connectivity index (χ2n) is 9.20. The van der Waals surface area contributed by atoms with Crippen molar-refractivity contribution < 1.29 is 13.9 Å². The molecule has 1 aliphatic rings. The summed E-state index contributed by atoms with van der Waals surface area (Å²) in [5.41, 5.74) is 5.31. The summed E-state index contributed by atoms with van der Waals surface area (Å²) in [5, 5.41) is 6.97. The highest BCUT2D eigenvalue weighted by atomic mass is 28.4. The Bertz CT molecular complexity index is 1040. The molecule has 0 spiro atoms. The van der Waals surface area contributed by atoms with Gasteiger partial charge >= 0.3 is 0 Å². The van der Waals surface area contributed by atoms with Gasteiger partial charge in [-0.2, -0.15) is 5.10 Å². The van der Waals surface area contributed by atoms with Crippen molar-refractivity contribution in [2.24, 2.45) is 5.10 Å². The summed E-state index contributed by atoms with van der Waals surface area (Å²) in [6, 6.07) is 30.7. The molecule has 0 saturated carbocycles. The van der Waals surface area contributed by atoms with Crippen LogP contribution in [0.25, 0.3) is 0 Å². The van der Waals surface area contributed by atoms with Crippen LogP contribution in [0.15, 0.2) is 108 Å². The van der Waals surface area contributed by atoms with Crippen LogP contribution >= 0.6 is 0 Å². The van der Waals surface area contributed by atoms with Crippen molar-refractivity contribution in [3.8, 4) is 0 Å². The van der Waals surface area contributed by atoms with Gasteiger partial charge in [0.05, 0.1) is 25.9 Å². The lowest BCUT2D eigenvalue weighted by atomic mass is 10.1. The van der Waals surface area contributed by atoms with Gasteiger partial charge in [0.15, 0.2) is 6.29 Å². The van der Waals surface area contributed by atoms with E-state index in [0.717, 1.165) is 5.56 Å². The maximum absolute atomic E-state index is 6.45. The quantitative estimate of drug-likeness (QED) is 0.197. The Hall–Kier alpha value is -3.03. The SMILES string of the molecule is C=C[Si](C)(C)O[C@@H]1CO[C@@H](c2ccccc2)O[C@H]1/C=N/N(Cc1ccccc1)Cc1ccccc1. The van der Waals surface area contributed by atoms with Gasteiger partial charge in [0, 0.05) is 5.56 Å². The second kappa shape index (κ2) is 12.1. The van der Waals surface area contributed by atoms with E-state index in [-0.39, 0.29) is 12.2 Å². The van der Waals surface area contributed by atoms with E-state index in [1.165, 1.54) is 11.1 Å². The lowest BCUT2D eigenvalue weighted by molar-refractivity contribution is -0.233. The highest BCUT2D eigenvalue weighted by molar-refractivity contribution is 6.76. The highest BCUT2D eigenvalue weighted by Gasteiger charge is 2.36. The first-order chi connectivity index (χ1) is 17.0. The summed E-state index contributed by atoms with van der Waals surface area (Å²) in [5.74, 6) is 0. The van der Waals surface area contributed by atoms with Gasteiger partial charge in [0.1, 0.15) is 12.2 Å². The molecule has 1 aliphatic heterocycles. The third-order valence-electron chi connectivity index (χ3n) is 5.87. The molecule has 1 saturated heterocycles. The molecule has 5 nitrogen and oxygen atoms in total. The maximum atomic E-state index is 6.45. The van der Waals surface area contributed by atoms with E-state index in [2.05, 4.69) is 73.2 Å². The van der Waals surface area contributed by atoms with Crippen LogP contribution in [0.2, 0.25) is 13.1 Å². The minimum atomic E-state index is -2.06. The van der Waals surface area contributed by atoms with Gasteiger partial charge in [-0.25, -0.2) is 0 Å². The predicted molar refractivity (Wildman–Crippen MR) is 143 cm³/mol. The number of benzene rings is 3. The fourth-order valence-electron chi connectivity index (χ4n) is 3.89. The Morgan fingerprint density at radius 2 is 1.46 bits per heavy atom. The molecule has 6 heteroatoms.